The van der Waals surface area contributed by atoms with Crippen LogP contribution >= 0.6 is 0 Å². The van der Waals surface area contributed by atoms with Crippen molar-refractivity contribution in [3.63, 3.8) is 0 Å². The summed E-state index contributed by atoms with van der Waals surface area (Å²) in [5, 5.41) is 5.30. The second-order valence-corrected chi connectivity index (χ2v) is 10.1. The minimum absolute atomic E-state index is 0.0574. The highest BCUT2D eigenvalue weighted by Gasteiger charge is 2.37. The van der Waals surface area contributed by atoms with Crippen LogP contribution in [0.3, 0.4) is 0 Å². The van der Waals surface area contributed by atoms with E-state index in [-0.39, 0.29) is 6.54 Å². The Morgan fingerprint density at radius 1 is 1.08 bits per heavy atom. The van der Waals surface area contributed by atoms with Crippen molar-refractivity contribution >= 4 is 29.5 Å². The Hall–Kier alpha value is -4.34. The van der Waals surface area contributed by atoms with E-state index < -0.39 is 47.9 Å². The van der Waals surface area contributed by atoms with Crippen LogP contribution in [0.25, 0.3) is 0 Å². The number of methoxy groups -OCH3 is 1. The maximum atomic E-state index is 13.9. The van der Waals surface area contributed by atoms with Crippen molar-refractivity contribution in [2.24, 2.45) is 5.73 Å². The third-order valence-corrected chi connectivity index (χ3v) is 5.65. The van der Waals surface area contributed by atoms with Crippen molar-refractivity contribution in [1.29, 1.82) is 0 Å². The predicted molar refractivity (Wildman–Crippen MR) is 149 cm³/mol. The number of nitrogens with zero attached hydrogens (tertiary/aromatic N) is 1. The number of hydrogen-bond acceptors (Lipinski definition) is 6. The molecule has 0 aromatic heterocycles. The molecule has 4 amide bonds. The fourth-order valence-electron chi connectivity index (χ4n) is 3.90. The van der Waals surface area contributed by atoms with Gasteiger partial charge in [0.2, 0.25) is 11.8 Å². The minimum atomic E-state index is -1.38. The van der Waals surface area contributed by atoms with Crippen molar-refractivity contribution in [3.8, 4) is 5.75 Å². The van der Waals surface area contributed by atoms with Crippen LogP contribution in [0.4, 0.5) is 10.5 Å². The molecule has 2 aromatic carbocycles. The number of nitrogens with one attached hydrogen (secondary N) is 2. The van der Waals surface area contributed by atoms with Gasteiger partial charge in [0.1, 0.15) is 23.4 Å². The van der Waals surface area contributed by atoms with E-state index in [1.807, 2.05) is 32.0 Å². The third kappa shape index (κ3) is 9.17. The number of hydrogen-bond donors (Lipinski definition) is 3. The molecule has 0 saturated carbocycles. The first-order valence-corrected chi connectivity index (χ1v) is 12.5. The molecule has 0 bridgehead atoms. The molecule has 39 heavy (non-hydrogen) atoms. The van der Waals surface area contributed by atoms with Gasteiger partial charge in [0.25, 0.3) is 5.91 Å². The number of amides is 4. The Morgan fingerprint density at radius 2 is 1.72 bits per heavy atom. The summed E-state index contributed by atoms with van der Waals surface area (Å²) in [5.74, 6) is -1.39. The number of carbonyl (C=O) groups is 4. The largest absolute Gasteiger partial charge is 0.497 e. The summed E-state index contributed by atoms with van der Waals surface area (Å²) in [7, 11) is 1.54. The van der Waals surface area contributed by atoms with E-state index in [1.165, 1.54) is 18.1 Å². The smallest absolute Gasteiger partial charge is 0.408 e. The lowest BCUT2D eigenvalue weighted by atomic mass is 9.95. The Morgan fingerprint density at radius 3 is 2.26 bits per heavy atom. The van der Waals surface area contributed by atoms with E-state index in [4.69, 9.17) is 15.2 Å². The predicted octanol–water partition coefficient (Wildman–Crippen LogP) is 3.78. The average molecular weight is 539 g/mol. The lowest BCUT2D eigenvalue weighted by molar-refractivity contribution is -0.141. The van der Waals surface area contributed by atoms with Crippen LogP contribution in [-0.4, -0.2) is 54.0 Å². The van der Waals surface area contributed by atoms with Crippen LogP contribution in [0.15, 0.2) is 55.1 Å². The highest BCUT2D eigenvalue weighted by Crippen LogP contribution is 2.28. The average Bonchev–Trinajstić information content (AvgIpc) is 2.84. The first-order chi connectivity index (χ1) is 18.2. The summed E-state index contributed by atoms with van der Waals surface area (Å²) in [5.41, 5.74) is 7.28. The summed E-state index contributed by atoms with van der Waals surface area (Å²) >= 11 is 0. The van der Waals surface area contributed by atoms with E-state index in [0.717, 1.165) is 11.1 Å². The monoisotopic (exact) mass is 538 g/mol. The fraction of sp³-hybridized carbons (Fsp3) is 0.379. The van der Waals surface area contributed by atoms with Gasteiger partial charge in [-0.05, 0) is 70.0 Å². The molecule has 0 aliphatic carbocycles. The van der Waals surface area contributed by atoms with Crippen molar-refractivity contribution in [1.82, 2.24) is 10.2 Å². The van der Waals surface area contributed by atoms with Crippen molar-refractivity contribution in [2.75, 3.05) is 19.0 Å². The normalized spacial score (nSPS) is 12.5. The van der Waals surface area contributed by atoms with Crippen LogP contribution in [0.2, 0.25) is 0 Å². The number of nitrogens with two attached hydrogens (primary N) is 1. The number of carbonyl (C=O) groups excluding carboxylic acids is 4. The molecule has 10 nitrogen and oxygen atoms in total. The van der Waals surface area contributed by atoms with Crippen LogP contribution in [0, 0.1) is 13.8 Å². The molecule has 0 aliphatic heterocycles. The molecule has 0 radical (unpaired) electrons. The summed E-state index contributed by atoms with van der Waals surface area (Å²) < 4.78 is 10.5. The molecule has 2 atom stereocenters. The fourth-order valence-corrected chi connectivity index (χ4v) is 3.90. The highest BCUT2D eigenvalue weighted by atomic mass is 16.6. The molecule has 2 aromatic rings. The molecule has 0 heterocycles. The van der Waals surface area contributed by atoms with E-state index in [2.05, 4.69) is 17.2 Å². The Kier molecular flexibility index (Phi) is 10.7. The molecule has 0 spiro atoms. The molecular weight excluding hydrogens is 500 g/mol. The molecule has 0 aliphatic rings. The van der Waals surface area contributed by atoms with Gasteiger partial charge >= 0.3 is 6.09 Å². The van der Waals surface area contributed by atoms with Crippen LogP contribution < -0.4 is 21.1 Å². The number of alkyl carbamates (subject to hydrolysis) is 1. The highest BCUT2D eigenvalue weighted by molar-refractivity contribution is 6.00. The first-order valence-electron chi connectivity index (χ1n) is 12.5. The van der Waals surface area contributed by atoms with Gasteiger partial charge in [-0.2, -0.15) is 0 Å². The summed E-state index contributed by atoms with van der Waals surface area (Å²) in [4.78, 5) is 53.4. The zero-order valence-electron chi connectivity index (χ0n) is 23.4. The van der Waals surface area contributed by atoms with Crippen molar-refractivity contribution < 1.29 is 28.7 Å². The number of primary amides is 1. The molecule has 4 N–H and O–H groups in total. The van der Waals surface area contributed by atoms with Crippen LogP contribution in [0.5, 0.6) is 5.75 Å². The van der Waals surface area contributed by atoms with E-state index in [1.54, 1.807) is 45.0 Å². The maximum absolute atomic E-state index is 13.9. The molecule has 2 rings (SSSR count). The SMILES string of the molecule is C=CCN(C(=O)C(CC(N)=O)NC(=O)OC(C)(C)C)C(C(=O)Nc1ccc(OC)cc1)c1cc(C)ccc1C. The van der Waals surface area contributed by atoms with Gasteiger partial charge in [-0.15, -0.1) is 6.58 Å². The standard InChI is InChI=1S/C29H38N4O6/c1-8-15-33(27(36)23(17-24(30)34)32-28(37)39-29(4,5)6)25(22-16-18(2)9-10-19(22)3)26(35)31-20-11-13-21(38-7)14-12-20/h8-14,16,23,25H,1,15,17H2,2-7H3,(H2,30,34)(H,31,35)(H,32,37). The van der Waals surface area contributed by atoms with E-state index >= 15 is 0 Å². The number of aryl methyl sites for hydroxylation is 2. The Balaban J connectivity index is 2.55. The second kappa shape index (κ2) is 13.5. The van der Waals surface area contributed by atoms with Gasteiger partial charge in [-0.3, -0.25) is 14.4 Å². The van der Waals surface area contributed by atoms with E-state index in [0.29, 0.717) is 17.0 Å². The maximum Gasteiger partial charge on any atom is 0.408 e. The number of benzene rings is 2. The van der Waals surface area contributed by atoms with Gasteiger partial charge in [0.15, 0.2) is 0 Å². The van der Waals surface area contributed by atoms with Gasteiger partial charge in [-0.1, -0.05) is 29.8 Å². The zero-order valence-corrected chi connectivity index (χ0v) is 23.4. The van der Waals surface area contributed by atoms with Gasteiger partial charge in [0.05, 0.1) is 13.5 Å². The Bertz CT molecular complexity index is 1200. The second-order valence-electron chi connectivity index (χ2n) is 10.1. The van der Waals surface area contributed by atoms with Crippen LogP contribution in [0.1, 0.15) is 49.9 Å². The molecule has 2 unspecified atom stereocenters. The van der Waals surface area contributed by atoms with E-state index in [9.17, 15) is 19.2 Å². The molecular formula is C29H38N4O6. The number of ether oxygens (including phenoxy) is 2. The Labute approximate surface area is 229 Å². The quantitative estimate of drug-likeness (QED) is 0.372. The molecule has 0 fully saturated rings. The van der Waals surface area contributed by atoms with Gasteiger partial charge in [0, 0.05) is 12.2 Å². The lowest BCUT2D eigenvalue weighted by Crippen LogP contribution is -2.53. The van der Waals surface area contributed by atoms with Crippen molar-refractivity contribution in [3.05, 3.63) is 71.8 Å². The molecule has 210 valence electrons. The summed E-state index contributed by atoms with van der Waals surface area (Å²) in [6.45, 7) is 12.4. The minimum Gasteiger partial charge on any atom is -0.497 e. The zero-order chi connectivity index (χ0) is 29.3. The van der Waals surface area contributed by atoms with Crippen molar-refractivity contribution in [2.45, 2.75) is 58.7 Å². The van der Waals surface area contributed by atoms with Gasteiger partial charge < -0.3 is 30.7 Å². The number of rotatable bonds is 11. The van der Waals surface area contributed by atoms with Gasteiger partial charge in [-0.25, -0.2) is 4.79 Å². The first kappa shape index (κ1) is 30.9. The number of anilines is 1. The third-order valence-electron chi connectivity index (χ3n) is 5.65. The molecule has 10 heteroatoms. The van der Waals surface area contributed by atoms with Crippen LogP contribution in [-0.2, 0) is 19.1 Å². The summed E-state index contributed by atoms with van der Waals surface area (Å²) in [6, 6.07) is 9.82. The topological polar surface area (TPSA) is 140 Å². The molecule has 0 saturated heterocycles. The lowest BCUT2D eigenvalue weighted by Gasteiger charge is -2.34. The summed E-state index contributed by atoms with van der Waals surface area (Å²) in [6.07, 6.45) is 0.0724.